The predicted octanol–water partition coefficient (Wildman–Crippen LogP) is 6.09. The van der Waals surface area contributed by atoms with E-state index in [0.29, 0.717) is 17.4 Å². The highest BCUT2D eigenvalue weighted by Gasteiger charge is 2.42. The average Bonchev–Trinajstić information content (AvgIpc) is 3.46. The Morgan fingerprint density at radius 2 is 1.87 bits per heavy atom. The number of hydrogen-bond donors (Lipinski definition) is 1. The van der Waals surface area contributed by atoms with E-state index in [9.17, 15) is 13.6 Å². The van der Waals surface area contributed by atoms with Gasteiger partial charge in [-0.2, -0.15) is 9.37 Å². The highest BCUT2D eigenvalue weighted by Crippen LogP contribution is 2.51. The number of rotatable bonds is 7. The number of nitrogens with zero attached hydrogens (tertiary/aromatic N) is 1. The maximum atomic E-state index is 13.8. The highest BCUT2D eigenvalue weighted by atomic mass is 19.1. The Bertz CT molecular complexity index is 978. The lowest BCUT2D eigenvalue weighted by molar-refractivity contribution is -0.116. The van der Waals surface area contributed by atoms with Gasteiger partial charge in [-0.15, -0.1) is 0 Å². The minimum atomic E-state index is -0.741. The van der Waals surface area contributed by atoms with Crippen LogP contribution in [0.2, 0.25) is 0 Å². The van der Waals surface area contributed by atoms with Crippen LogP contribution in [-0.4, -0.2) is 24.9 Å². The third kappa shape index (κ3) is 6.74. The van der Waals surface area contributed by atoms with Crippen molar-refractivity contribution in [1.29, 1.82) is 0 Å². The second kappa shape index (κ2) is 10.3. The molecule has 0 spiro atoms. The van der Waals surface area contributed by atoms with Crippen molar-refractivity contribution in [1.82, 2.24) is 4.98 Å². The van der Waals surface area contributed by atoms with Crippen LogP contribution >= 0.6 is 0 Å². The van der Waals surface area contributed by atoms with Crippen molar-refractivity contribution in [2.24, 2.45) is 5.41 Å². The Kier molecular flexibility index (Phi) is 8.08. The second-order valence-electron chi connectivity index (χ2n) is 8.10. The minimum absolute atomic E-state index is 0.0509. The average molecular weight is 429 g/mol. The van der Waals surface area contributed by atoms with Crippen LogP contribution in [0.15, 0.2) is 54.3 Å². The van der Waals surface area contributed by atoms with Crippen molar-refractivity contribution < 1.29 is 18.3 Å². The van der Waals surface area contributed by atoms with E-state index in [-0.39, 0.29) is 17.2 Å². The van der Waals surface area contributed by atoms with E-state index in [1.54, 1.807) is 31.4 Å². The molecule has 0 atom stereocenters. The molecule has 1 aromatic carbocycles. The molecule has 0 unspecified atom stereocenters. The molecule has 1 heterocycles. The summed E-state index contributed by atoms with van der Waals surface area (Å²) in [5.74, 6) is -0.341. The summed E-state index contributed by atoms with van der Waals surface area (Å²) in [5.41, 5.74) is 2.84. The zero-order valence-corrected chi connectivity index (χ0v) is 18.8. The number of hydrogen-bond acceptors (Lipinski definition) is 4. The molecule has 1 aromatic heterocycles. The molecule has 4 nitrogen and oxygen atoms in total. The standard InChI is InChI=1S/C15H14F2N2O.C10H16O/c1-9(20)7-10-3-5-11(6-4-10)12-8-13(16)15(18-2)19-14(12)17;1-8(2)7-9(11-4)10(3)5-6-10/h3-6,8H,7H2,1-2H3,(H,18,19);7H,1,5-6H2,2-4H3/b;9-7-. The first-order valence-electron chi connectivity index (χ1n) is 10.1. The first-order valence-corrected chi connectivity index (χ1v) is 10.1. The molecule has 1 fully saturated rings. The number of halogens is 2. The van der Waals surface area contributed by atoms with E-state index in [4.69, 9.17) is 4.74 Å². The highest BCUT2D eigenvalue weighted by molar-refractivity contribution is 5.78. The summed E-state index contributed by atoms with van der Waals surface area (Å²) >= 11 is 0. The van der Waals surface area contributed by atoms with Gasteiger partial charge in [-0.3, -0.25) is 4.79 Å². The van der Waals surface area contributed by atoms with Crippen molar-refractivity contribution in [3.05, 3.63) is 71.6 Å². The number of carbonyl (C=O) groups excluding carboxylic acids is 1. The molecule has 0 amide bonds. The number of benzene rings is 1. The molecule has 3 rings (SSSR count). The van der Waals surface area contributed by atoms with Crippen LogP contribution in [0.1, 0.15) is 39.2 Å². The van der Waals surface area contributed by atoms with Crippen LogP contribution in [0.25, 0.3) is 11.1 Å². The van der Waals surface area contributed by atoms with Gasteiger partial charge in [0.2, 0.25) is 5.95 Å². The fourth-order valence-electron chi connectivity index (χ4n) is 3.07. The third-order valence-electron chi connectivity index (χ3n) is 5.08. The lowest BCUT2D eigenvalue weighted by Gasteiger charge is -2.12. The molecule has 1 aliphatic rings. The molecule has 0 radical (unpaired) electrons. The zero-order valence-electron chi connectivity index (χ0n) is 18.8. The van der Waals surface area contributed by atoms with E-state index in [0.717, 1.165) is 23.0 Å². The number of aromatic nitrogens is 1. The number of nitrogens with one attached hydrogen (secondary N) is 1. The molecule has 1 N–H and O–H groups in total. The molecule has 6 heteroatoms. The van der Waals surface area contributed by atoms with Gasteiger partial charge in [0.15, 0.2) is 11.6 Å². The summed E-state index contributed by atoms with van der Waals surface area (Å²) in [6.45, 7) is 9.55. The van der Waals surface area contributed by atoms with Crippen LogP contribution in [0.5, 0.6) is 0 Å². The van der Waals surface area contributed by atoms with Crippen LogP contribution in [0, 0.1) is 17.2 Å². The number of anilines is 1. The number of Topliss-reactive ketones (excluding diaryl/α,β-unsaturated/α-hetero) is 1. The number of allylic oxidation sites excluding steroid dienone is 3. The quantitative estimate of drug-likeness (QED) is 0.329. The van der Waals surface area contributed by atoms with Gasteiger partial charge in [-0.05, 0) is 50.0 Å². The summed E-state index contributed by atoms with van der Waals surface area (Å²) in [6, 6.07) is 7.85. The third-order valence-corrected chi connectivity index (χ3v) is 5.08. The number of carbonyl (C=O) groups is 1. The molecule has 31 heavy (non-hydrogen) atoms. The zero-order chi connectivity index (χ0) is 23.2. The number of pyridine rings is 1. The first-order chi connectivity index (χ1) is 14.6. The van der Waals surface area contributed by atoms with E-state index in [1.165, 1.54) is 26.8 Å². The van der Waals surface area contributed by atoms with Gasteiger partial charge in [0, 0.05) is 24.4 Å². The van der Waals surface area contributed by atoms with Crippen molar-refractivity contribution in [2.75, 3.05) is 19.5 Å². The monoisotopic (exact) mass is 428 g/mol. The largest absolute Gasteiger partial charge is 0.501 e. The van der Waals surface area contributed by atoms with Gasteiger partial charge >= 0.3 is 0 Å². The van der Waals surface area contributed by atoms with Gasteiger partial charge in [-0.25, -0.2) is 4.39 Å². The summed E-state index contributed by atoms with van der Waals surface area (Å²) < 4.78 is 32.8. The van der Waals surface area contributed by atoms with Crippen LogP contribution in [0.4, 0.5) is 14.6 Å². The van der Waals surface area contributed by atoms with Crippen LogP contribution in [-0.2, 0) is 16.0 Å². The number of methoxy groups -OCH3 is 1. The summed E-state index contributed by atoms with van der Waals surface area (Å²) in [7, 11) is 3.21. The van der Waals surface area contributed by atoms with Crippen molar-refractivity contribution in [3.63, 3.8) is 0 Å². The van der Waals surface area contributed by atoms with E-state index < -0.39 is 11.8 Å². The molecule has 0 aliphatic heterocycles. The van der Waals surface area contributed by atoms with E-state index >= 15 is 0 Å². The molecule has 0 bridgehead atoms. The number of ether oxygens (including phenoxy) is 1. The minimum Gasteiger partial charge on any atom is -0.501 e. The Morgan fingerprint density at radius 3 is 2.32 bits per heavy atom. The van der Waals surface area contributed by atoms with Crippen molar-refractivity contribution >= 4 is 11.6 Å². The molecular formula is C25H30F2N2O2. The fraction of sp³-hybridized carbons (Fsp3) is 0.360. The normalized spacial score (nSPS) is 14.2. The van der Waals surface area contributed by atoms with Crippen LogP contribution < -0.4 is 5.32 Å². The van der Waals surface area contributed by atoms with Gasteiger partial charge < -0.3 is 10.1 Å². The topological polar surface area (TPSA) is 51.2 Å². The maximum absolute atomic E-state index is 13.8. The van der Waals surface area contributed by atoms with Crippen LogP contribution in [0.3, 0.4) is 0 Å². The molecule has 166 valence electrons. The first kappa shape index (κ1) is 24.3. The maximum Gasteiger partial charge on any atom is 0.222 e. The van der Waals surface area contributed by atoms with E-state index in [2.05, 4.69) is 23.8 Å². The van der Waals surface area contributed by atoms with Gasteiger partial charge in [0.1, 0.15) is 11.5 Å². The Balaban J connectivity index is 0.000000262. The van der Waals surface area contributed by atoms with Crippen molar-refractivity contribution in [2.45, 2.75) is 40.0 Å². The molecule has 2 aromatic rings. The molecule has 1 aliphatic carbocycles. The molecular weight excluding hydrogens is 398 g/mol. The Labute approximate surface area is 183 Å². The SMILES string of the molecule is C=C(C)/C=C(\OC)C1(C)CC1.CNc1nc(F)c(-c2ccc(CC(C)=O)cc2)cc1F. The Morgan fingerprint density at radius 1 is 1.26 bits per heavy atom. The number of ketones is 1. The fourth-order valence-corrected chi connectivity index (χ4v) is 3.07. The lowest BCUT2D eigenvalue weighted by Crippen LogP contribution is -2.01. The Hall–Kier alpha value is -3.02. The van der Waals surface area contributed by atoms with Crippen molar-refractivity contribution in [3.8, 4) is 11.1 Å². The molecule has 0 saturated heterocycles. The van der Waals surface area contributed by atoms with Gasteiger partial charge in [0.05, 0.1) is 7.11 Å². The smallest absolute Gasteiger partial charge is 0.222 e. The lowest BCUT2D eigenvalue weighted by atomic mass is 10.0. The van der Waals surface area contributed by atoms with Gasteiger partial charge in [0.25, 0.3) is 0 Å². The molecule has 1 saturated carbocycles. The summed E-state index contributed by atoms with van der Waals surface area (Å²) in [4.78, 5) is 14.5. The summed E-state index contributed by atoms with van der Waals surface area (Å²) in [6.07, 6.45) is 4.86. The summed E-state index contributed by atoms with van der Waals surface area (Å²) in [5, 5.41) is 2.48. The second-order valence-corrected chi connectivity index (χ2v) is 8.10. The predicted molar refractivity (Wildman–Crippen MR) is 121 cm³/mol. The van der Waals surface area contributed by atoms with Gasteiger partial charge in [-0.1, -0.05) is 43.3 Å². The van der Waals surface area contributed by atoms with E-state index in [1.807, 2.05) is 13.0 Å².